The summed E-state index contributed by atoms with van der Waals surface area (Å²) in [6, 6.07) is 11.4. The first-order valence-corrected chi connectivity index (χ1v) is 8.82. The van der Waals surface area contributed by atoms with Gasteiger partial charge in [0.25, 0.3) is 0 Å². The first-order chi connectivity index (χ1) is 12.6. The Morgan fingerprint density at radius 2 is 1.92 bits per heavy atom. The molecular formula is C20H22N4O2. The van der Waals surface area contributed by atoms with Gasteiger partial charge in [0, 0.05) is 31.1 Å². The number of carboxylic acids is 1. The summed E-state index contributed by atoms with van der Waals surface area (Å²) in [5.41, 5.74) is 2.63. The molecule has 0 saturated carbocycles. The average Bonchev–Trinajstić information content (AvgIpc) is 3.04. The van der Waals surface area contributed by atoms with Crippen LogP contribution in [0.1, 0.15) is 48.0 Å². The second kappa shape index (κ2) is 7.91. The van der Waals surface area contributed by atoms with Gasteiger partial charge in [0.15, 0.2) is 11.5 Å². The van der Waals surface area contributed by atoms with Crippen molar-refractivity contribution in [2.75, 3.05) is 0 Å². The number of pyridine rings is 1. The van der Waals surface area contributed by atoms with Gasteiger partial charge in [-0.2, -0.15) is 5.10 Å². The first kappa shape index (κ1) is 17.8. The molecule has 0 aliphatic carbocycles. The number of carbonyl (C=O) groups is 1. The number of hydrogen-bond donors (Lipinski definition) is 1. The van der Waals surface area contributed by atoms with E-state index in [0.717, 1.165) is 42.2 Å². The molecule has 0 fully saturated rings. The molecule has 0 aliphatic rings. The van der Waals surface area contributed by atoms with E-state index >= 15 is 0 Å². The Morgan fingerprint density at radius 3 is 2.58 bits per heavy atom. The quantitative estimate of drug-likeness (QED) is 0.704. The summed E-state index contributed by atoms with van der Waals surface area (Å²) >= 11 is 0. The number of benzene rings is 1. The zero-order valence-corrected chi connectivity index (χ0v) is 15.0. The van der Waals surface area contributed by atoms with Crippen LogP contribution >= 0.6 is 0 Å². The number of aromatic carboxylic acids is 1. The van der Waals surface area contributed by atoms with E-state index in [1.54, 1.807) is 12.1 Å². The van der Waals surface area contributed by atoms with Gasteiger partial charge in [0.05, 0.1) is 0 Å². The molecule has 0 unspecified atom stereocenters. The summed E-state index contributed by atoms with van der Waals surface area (Å²) in [7, 11) is 0. The van der Waals surface area contributed by atoms with Crippen LogP contribution in [0.2, 0.25) is 0 Å². The lowest BCUT2D eigenvalue weighted by Crippen LogP contribution is -2.06. The number of aromatic nitrogens is 4. The molecule has 0 amide bonds. The molecule has 2 heterocycles. The van der Waals surface area contributed by atoms with E-state index in [2.05, 4.69) is 28.9 Å². The van der Waals surface area contributed by atoms with E-state index in [4.69, 9.17) is 0 Å². The fourth-order valence-corrected chi connectivity index (χ4v) is 2.89. The molecule has 0 atom stereocenters. The molecule has 26 heavy (non-hydrogen) atoms. The molecule has 0 bridgehead atoms. The Labute approximate surface area is 152 Å². The van der Waals surface area contributed by atoms with E-state index in [0.29, 0.717) is 12.0 Å². The fourth-order valence-electron chi connectivity index (χ4n) is 2.89. The van der Waals surface area contributed by atoms with Crippen LogP contribution in [0.4, 0.5) is 0 Å². The van der Waals surface area contributed by atoms with Gasteiger partial charge in [-0.1, -0.05) is 44.2 Å². The highest BCUT2D eigenvalue weighted by Crippen LogP contribution is 2.23. The number of aryl methyl sites for hydroxylation is 2. The van der Waals surface area contributed by atoms with E-state index in [1.165, 1.54) is 6.20 Å². The molecule has 3 rings (SSSR count). The van der Waals surface area contributed by atoms with Gasteiger partial charge in [-0.05, 0) is 23.6 Å². The second-order valence-corrected chi connectivity index (χ2v) is 6.10. The van der Waals surface area contributed by atoms with Crippen LogP contribution in [0.15, 0.2) is 42.6 Å². The van der Waals surface area contributed by atoms with E-state index in [-0.39, 0.29) is 5.69 Å². The maximum atomic E-state index is 11.4. The van der Waals surface area contributed by atoms with Crippen LogP contribution in [0.5, 0.6) is 0 Å². The Morgan fingerprint density at radius 1 is 1.15 bits per heavy atom. The normalized spacial score (nSPS) is 10.8. The molecule has 1 N–H and O–H groups in total. The highest BCUT2D eigenvalue weighted by atomic mass is 16.4. The van der Waals surface area contributed by atoms with Crippen LogP contribution in [0.25, 0.3) is 11.1 Å². The Kier molecular flexibility index (Phi) is 5.41. The van der Waals surface area contributed by atoms with Crippen LogP contribution in [-0.4, -0.2) is 30.8 Å². The summed E-state index contributed by atoms with van der Waals surface area (Å²) in [6.07, 6.45) is 4.03. The van der Waals surface area contributed by atoms with E-state index in [9.17, 15) is 9.90 Å². The maximum Gasteiger partial charge on any atom is 0.355 e. The van der Waals surface area contributed by atoms with Gasteiger partial charge in [0.1, 0.15) is 5.82 Å². The number of hydrogen-bond acceptors (Lipinski definition) is 4. The molecule has 0 aliphatic heterocycles. The lowest BCUT2D eigenvalue weighted by Gasteiger charge is -2.07. The molecular weight excluding hydrogens is 328 g/mol. The molecule has 0 radical (unpaired) electrons. The molecule has 0 saturated heterocycles. The minimum atomic E-state index is -1.02. The van der Waals surface area contributed by atoms with Crippen LogP contribution in [0.3, 0.4) is 0 Å². The zero-order valence-electron chi connectivity index (χ0n) is 15.0. The van der Waals surface area contributed by atoms with Crippen LogP contribution < -0.4 is 0 Å². The minimum Gasteiger partial charge on any atom is -0.476 e. The highest BCUT2D eigenvalue weighted by molar-refractivity contribution is 5.93. The van der Waals surface area contributed by atoms with Gasteiger partial charge in [-0.25, -0.2) is 19.4 Å². The summed E-state index contributed by atoms with van der Waals surface area (Å²) < 4.78 is 1.98. The molecule has 134 valence electrons. The second-order valence-electron chi connectivity index (χ2n) is 6.10. The van der Waals surface area contributed by atoms with Gasteiger partial charge < -0.3 is 5.11 Å². The maximum absolute atomic E-state index is 11.4. The van der Waals surface area contributed by atoms with E-state index in [1.807, 2.05) is 28.9 Å². The van der Waals surface area contributed by atoms with Crippen LogP contribution in [0, 0.1) is 0 Å². The van der Waals surface area contributed by atoms with Crippen molar-refractivity contribution < 1.29 is 9.90 Å². The van der Waals surface area contributed by atoms with Crippen molar-refractivity contribution in [3.63, 3.8) is 0 Å². The summed E-state index contributed by atoms with van der Waals surface area (Å²) in [4.78, 5) is 19.9. The van der Waals surface area contributed by atoms with Gasteiger partial charge in [-0.3, -0.25) is 0 Å². The first-order valence-electron chi connectivity index (χ1n) is 8.82. The SMILES string of the molecule is CCCn1nc(CC)nc1Cc1ccc(-c2cccnc2C(=O)O)cc1. The lowest BCUT2D eigenvalue weighted by atomic mass is 10.0. The average molecular weight is 350 g/mol. The van der Waals surface area contributed by atoms with Crippen molar-refractivity contribution in [1.29, 1.82) is 0 Å². The van der Waals surface area contributed by atoms with Gasteiger partial charge in [0.2, 0.25) is 0 Å². The Balaban J connectivity index is 1.85. The number of nitrogens with zero attached hydrogens (tertiary/aromatic N) is 4. The molecule has 3 aromatic rings. The van der Waals surface area contributed by atoms with E-state index < -0.39 is 5.97 Å². The highest BCUT2D eigenvalue weighted by Gasteiger charge is 2.13. The van der Waals surface area contributed by atoms with Crippen molar-refractivity contribution in [3.05, 3.63) is 65.5 Å². The van der Waals surface area contributed by atoms with Crippen molar-refractivity contribution in [1.82, 2.24) is 19.7 Å². The summed E-state index contributed by atoms with van der Waals surface area (Å²) in [5.74, 6) is 0.806. The molecule has 2 aromatic heterocycles. The monoisotopic (exact) mass is 350 g/mol. The third-order valence-electron chi connectivity index (χ3n) is 4.18. The van der Waals surface area contributed by atoms with Crippen LogP contribution in [-0.2, 0) is 19.4 Å². The van der Waals surface area contributed by atoms with Crippen molar-refractivity contribution in [3.8, 4) is 11.1 Å². The standard InChI is InChI=1S/C20H22N4O2/c1-3-12-24-18(22-17(4-2)23-24)13-14-7-9-15(10-8-14)16-6-5-11-21-19(16)20(25)26/h5-11H,3-4,12-13H2,1-2H3,(H,25,26). The Hall–Kier alpha value is -3.02. The third-order valence-corrected chi connectivity index (χ3v) is 4.18. The fraction of sp³-hybridized carbons (Fsp3) is 0.300. The molecule has 6 heteroatoms. The summed E-state index contributed by atoms with van der Waals surface area (Å²) in [5, 5.41) is 13.8. The minimum absolute atomic E-state index is 0.0653. The van der Waals surface area contributed by atoms with Crippen molar-refractivity contribution in [2.45, 2.75) is 39.7 Å². The predicted octanol–water partition coefficient (Wildman–Crippen LogP) is 3.60. The predicted molar refractivity (Wildman–Crippen MR) is 99.1 cm³/mol. The number of rotatable bonds is 7. The molecule has 6 nitrogen and oxygen atoms in total. The third kappa shape index (κ3) is 3.79. The van der Waals surface area contributed by atoms with Crippen molar-refractivity contribution >= 4 is 5.97 Å². The lowest BCUT2D eigenvalue weighted by molar-refractivity contribution is 0.0691. The largest absolute Gasteiger partial charge is 0.476 e. The number of carboxylic acid groups (broad SMARTS) is 1. The molecule has 0 spiro atoms. The van der Waals surface area contributed by atoms with Gasteiger partial charge >= 0.3 is 5.97 Å². The zero-order chi connectivity index (χ0) is 18.5. The smallest absolute Gasteiger partial charge is 0.355 e. The van der Waals surface area contributed by atoms with Crippen molar-refractivity contribution in [2.24, 2.45) is 0 Å². The summed E-state index contributed by atoms with van der Waals surface area (Å²) in [6.45, 7) is 5.04. The molecule has 1 aromatic carbocycles. The Bertz CT molecular complexity index is 900. The van der Waals surface area contributed by atoms with Gasteiger partial charge in [-0.15, -0.1) is 0 Å². The topological polar surface area (TPSA) is 80.9 Å².